The number of nitrogens with zero attached hydrogens (tertiary/aromatic N) is 1. The van der Waals surface area contributed by atoms with Crippen LogP contribution in [0, 0.1) is 0 Å². The van der Waals surface area contributed by atoms with Crippen LogP contribution in [0.1, 0.15) is 6.42 Å². The van der Waals surface area contributed by atoms with Gasteiger partial charge in [0.25, 0.3) is 0 Å². The van der Waals surface area contributed by atoms with E-state index in [0.717, 1.165) is 26.1 Å². The Balaban J connectivity index is 0. The summed E-state index contributed by atoms with van der Waals surface area (Å²) in [5, 5.41) is 8.44. The number of aliphatic hydroxyl groups is 1. The standard InChI is InChI=1S/C6H14N2O.2ClH/c7-6-4-8(5-6)2-1-3-9;;/h6,9H,1-5,7H2;2*1H. The number of halogens is 2. The molecule has 0 aromatic rings. The van der Waals surface area contributed by atoms with Gasteiger partial charge in [-0.15, -0.1) is 24.8 Å². The molecule has 1 saturated heterocycles. The molecule has 0 atom stereocenters. The van der Waals surface area contributed by atoms with Crippen LogP contribution in [0.25, 0.3) is 0 Å². The number of rotatable bonds is 3. The molecule has 1 fully saturated rings. The molecule has 3 N–H and O–H groups in total. The van der Waals surface area contributed by atoms with Crippen LogP contribution in [-0.4, -0.2) is 42.3 Å². The van der Waals surface area contributed by atoms with Crippen LogP contribution in [0.2, 0.25) is 0 Å². The summed E-state index contributed by atoms with van der Waals surface area (Å²) in [4.78, 5) is 2.25. The topological polar surface area (TPSA) is 49.5 Å². The number of aliphatic hydroxyl groups excluding tert-OH is 1. The molecule has 0 amide bonds. The molecule has 11 heavy (non-hydrogen) atoms. The van der Waals surface area contributed by atoms with Crippen LogP contribution in [0.3, 0.4) is 0 Å². The average Bonchev–Trinajstić information content (AvgIpc) is 1.78. The number of hydrogen-bond donors (Lipinski definition) is 2. The second-order valence-electron chi connectivity index (χ2n) is 2.60. The molecule has 1 heterocycles. The molecular weight excluding hydrogens is 187 g/mol. The van der Waals surface area contributed by atoms with Gasteiger partial charge in [-0.05, 0) is 6.42 Å². The molecule has 0 bridgehead atoms. The molecule has 1 rings (SSSR count). The Morgan fingerprint density at radius 2 is 1.91 bits per heavy atom. The van der Waals surface area contributed by atoms with E-state index in [1.807, 2.05) is 0 Å². The fourth-order valence-corrected chi connectivity index (χ4v) is 1.09. The zero-order valence-corrected chi connectivity index (χ0v) is 8.03. The first-order chi connectivity index (χ1) is 4.33. The minimum absolute atomic E-state index is 0. The fourth-order valence-electron chi connectivity index (χ4n) is 1.09. The maximum absolute atomic E-state index is 8.44. The highest BCUT2D eigenvalue weighted by Crippen LogP contribution is 2.04. The van der Waals surface area contributed by atoms with Gasteiger partial charge in [0.05, 0.1) is 0 Å². The predicted molar refractivity (Wildman–Crippen MR) is 50.6 cm³/mol. The van der Waals surface area contributed by atoms with Gasteiger partial charge in [-0.25, -0.2) is 0 Å². The summed E-state index contributed by atoms with van der Waals surface area (Å²) in [5.41, 5.74) is 5.54. The summed E-state index contributed by atoms with van der Waals surface area (Å²) in [7, 11) is 0. The summed E-state index contributed by atoms with van der Waals surface area (Å²) in [6, 6.07) is 0.392. The van der Waals surface area contributed by atoms with E-state index in [1.54, 1.807) is 0 Å². The Morgan fingerprint density at radius 3 is 2.27 bits per heavy atom. The molecule has 0 aromatic carbocycles. The van der Waals surface area contributed by atoms with Crippen molar-refractivity contribution in [2.75, 3.05) is 26.2 Å². The lowest BCUT2D eigenvalue weighted by molar-refractivity contribution is 0.136. The van der Waals surface area contributed by atoms with Crippen molar-refractivity contribution in [1.29, 1.82) is 0 Å². The lowest BCUT2D eigenvalue weighted by atomic mass is 10.1. The predicted octanol–water partition coefficient (Wildman–Crippen LogP) is -0.145. The summed E-state index contributed by atoms with van der Waals surface area (Å²) in [5.74, 6) is 0. The highest BCUT2D eigenvalue weighted by Gasteiger charge is 2.21. The first-order valence-corrected chi connectivity index (χ1v) is 3.41. The van der Waals surface area contributed by atoms with Gasteiger partial charge in [-0.3, -0.25) is 0 Å². The van der Waals surface area contributed by atoms with Gasteiger partial charge in [-0.1, -0.05) is 0 Å². The van der Waals surface area contributed by atoms with E-state index in [0.29, 0.717) is 12.6 Å². The van der Waals surface area contributed by atoms with Crippen molar-refractivity contribution in [2.24, 2.45) is 5.73 Å². The van der Waals surface area contributed by atoms with Gasteiger partial charge in [0.1, 0.15) is 0 Å². The molecule has 0 saturated carbocycles. The zero-order chi connectivity index (χ0) is 6.69. The first-order valence-electron chi connectivity index (χ1n) is 3.41. The first kappa shape index (κ1) is 14.0. The van der Waals surface area contributed by atoms with Crippen LogP contribution in [-0.2, 0) is 0 Å². The molecule has 3 nitrogen and oxygen atoms in total. The molecule has 1 aliphatic heterocycles. The Labute approximate surface area is 79.8 Å². The minimum Gasteiger partial charge on any atom is -0.396 e. The minimum atomic E-state index is 0. The Morgan fingerprint density at radius 1 is 1.36 bits per heavy atom. The van der Waals surface area contributed by atoms with E-state index in [-0.39, 0.29) is 24.8 Å². The molecule has 0 unspecified atom stereocenters. The summed E-state index contributed by atoms with van der Waals surface area (Å²) in [6.45, 7) is 3.33. The van der Waals surface area contributed by atoms with Crippen LogP contribution in [0.5, 0.6) is 0 Å². The third-order valence-electron chi connectivity index (χ3n) is 1.62. The van der Waals surface area contributed by atoms with Crippen molar-refractivity contribution >= 4 is 24.8 Å². The highest BCUT2D eigenvalue weighted by atomic mass is 35.5. The summed E-state index contributed by atoms with van der Waals surface area (Å²) < 4.78 is 0. The smallest absolute Gasteiger partial charge is 0.0443 e. The van der Waals surface area contributed by atoms with Crippen molar-refractivity contribution < 1.29 is 5.11 Å². The molecule has 0 aromatic heterocycles. The molecular formula is C6H16Cl2N2O. The molecule has 0 aliphatic carbocycles. The second kappa shape index (κ2) is 7.13. The maximum Gasteiger partial charge on any atom is 0.0443 e. The van der Waals surface area contributed by atoms with Gasteiger partial charge in [0.2, 0.25) is 0 Å². The zero-order valence-electron chi connectivity index (χ0n) is 6.40. The molecule has 5 heteroatoms. The van der Waals surface area contributed by atoms with Gasteiger partial charge >= 0.3 is 0 Å². The summed E-state index contributed by atoms with van der Waals surface area (Å²) >= 11 is 0. The Kier molecular flexibility index (Phi) is 9.08. The van der Waals surface area contributed by atoms with E-state index in [1.165, 1.54) is 0 Å². The van der Waals surface area contributed by atoms with Crippen molar-refractivity contribution in [3.05, 3.63) is 0 Å². The lowest BCUT2D eigenvalue weighted by Gasteiger charge is -2.36. The summed E-state index contributed by atoms with van der Waals surface area (Å²) in [6.07, 6.45) is 0.882. The monoisotopic (exact) mass is 202 g/mol. The molecule has 70 valence electrons. The van der Waals surface area contributed by atoms with Crippen molar-refractivity contribution in [3.63, 3.8) is 0 Å². The van der Waals surface area contributed by atoms with Crippen molar-refractivity contribution in [2.45, 2.75) is 12.5 Å². The molecule has 0 spiro atoms. The number of likely N-dealkylation sites (tertiary alicyclic amines) is 1. The van der Waals surface area contributed by atoms with E-state index in [2.05, 4.69) is 4.90 Å². The third-order valence-corrected chi connectivity index (χ3v) is 1.62. The van der Waals surface area contributed by atoms with Crippen molar-refractivity contribution in [3.8, 4) is 0 Å². The van der Waals surface area contributed by atoms with E-state index < -0.39 is 0 Å². The highest BCUT2D eigenvalue weighted by molar-refractivity contribution is 5.85. The second-order valence-corrected chi connectivity index (χ2v) is 2.60. The Bertz CT molecular complexity index is 88.7. The van der Waals surface area contributed by atoms with Gasteiger partial charge in [0, 0.05) is 32.3 Å². The van der Waals surface area contributed by atoms with Gasteiger partial charge in [0.15, 0.2) is 0 Å². The Hall–Kier alpha value is 0.460. The third kappa shape index (κ3) is 4.82. The number of hydrogen-bond acceptors (Lipinski definition) is 3. The molecule has 1 aliphatic rings. The van der Waals surface area contributed by atoms with E-state index in [9.17, 15) is 0 Å². The van der Waals surface area contributed by atoms with Crippen LogP contribution >= 0.6 is 24.8 Å². The SMILES string of the molecule is Cl.Cl.NC1CN(CCCO)C1. The van der Waals surface area contributed by atoms with Gasteiger partial charge in [-0.2, -0.15) is 0 Å². The van der Waals surface area contributed by atoms with Crippen LogP contribution in [0.15, 0.2) is 0 Å². The molecule has 0 radical (unpaired) electrons. The van der Waals surface area contributed by atoms with Crippen LogP contribution in [0.4, 0.5) is 0 Å². The maximum atomic E-state index is 8.44. The number of nitrogens with two attached hydrogens (primary N) is 1. The lowest BCUT2D eigenvalue weighted by Crippen LogP contribution is -2.55. The average molecular weight is 203 g/mol. The normalized spacial score (nSPS) is 18.0. The van der Waals surface area contributed by atoms with E-state index >= 15 is 0 Å². The quantitative estimate of drug-likeness (QED) is 0.670. The van der Waals surface area contributed by atoms with Crippen LogP contribution < -0.4 is 5.73 Å². The fraction of sp³-hybridized carbons (Fsp3) is 1.00. The van der Waals surface area contributed by atoms with E-state index in [4.69, 9.17) is 10.8 Å². The largest absolute Gasteiger partial charge is 0.396 e. The van der Waals surface area contributed by atoms with Crippen molar-refractivity contribution in [1.82, 2.24) is 4.90 Å². The van der Waals surface area contributed by atoms with Gasteiger partial charge < -0.3 is 15.7 Å².